The summed E-state index contributed by atoms with van der Waals surface area (Å²) in [7, 11) is 0.252. The molecule has 0 aromatic carbocycles. The molecular formula is C11H20N4O2S. The van der Waals surface area contributed by atoms with Gasteiger partial charge in [0.1, 0.15) is 5.82 Å². The highest BCUT2D eigenvalue weighted by Crippen LogP contribution is 2.16. The Hall–Kier alpha value is -0.920. The summed E-state index contributed by atoms with van der Waals surface area (Å²) in [6.45, 7) is 1.78. The maximum absolute atomic E-state index is 12.4. The van der Waals surface area contributed by atoms with E-state index in [-0.39, 0.29) is 5.25 Å². The topological polar surface area (TPSA) is 67.2 Å². The molecule has 0 aliphatic carbocycles. The maximum Gasteiger partial charge on any atom is 0.218 e. The Morgan fingerprint density at radius 3 is 2.94 bits per heavy atom. The lowest BCUT2D eigenvalue weighted by Crippen LogP contribution is -2.44. The molecule has 1 aliphatic rings. The van der Waals surface area contributed by atoms with E-state index in [9.17, 15) is 8.42 Å². The number of hydrogen-bond acceptors (Lipinski definition) is 4. The van der Waals surface area contributed by atoms with E-state index in [1.807, 2.05) is 17.8 Å². The van der Waals surface area contributed by atoms with Crippen molar-refractivity contribution in [3.63, 3.8) is 0 Å². The van der Waals surface area contributed by atoms with Crippen molar-refractivity contribution in [1.29, 1.82) is 0 Å². The fourth-order valence-corrected chi connectivity index (χ4v) is 3.76. The smallest absolute Gasteiger partial charge is 0.218 e. The average molecular weight is 272 g/mol. The van der Waals surface area contributed by atoms with Crippen molar-refractivity contribution in [3.8, 4) is 0 Å². The molecule has 6 nitrogen and oxygen atoms in total. The van der Waals surface area contributed by atoms with Crippen LogP contribution < -0.4 is 5.32 Å². The summed E-state index contributed by atoms with van der Waals surface area (Å²) >= 11 is 0. The second-order valence-corrected chi connectivity index (χ2v) is 7.04. The zero-order chi connectivity index (χ0) is 13.2. The van der Waals surface area contributed by atoms with Crippen LogP contribution in [0.5, 0.6) is 0 Å². The largest absolute Gasteiger partial charge is 0.337 e. The first-order valence-corrected chi connectivity index (χ1v) is 7.64. The Labute approximate surface area is 108 Å². The van der Waals surface area contributed by atoms with Crippen molar-refractivity contribution >= 4 is 10.0 Å². The number of aromatic nitrogens is 2. The van der Waals surface area contributed by atoms with Crippen molar-refractivity contribution in [2.75, 3.05) is 20.1 Å². The van der Waals surface area contributed by atoms with E-state index in [0.29, 0.717) is 13.1 Å². The molecule has 0 amide bonds. The Morgan fingerprint density at radius 2 is 2.39 bits per heavy atom. The minimum atomic E-state index is -3.24. The molecule has 1 aliphatic heterocycles. The molecule has 0 bridgehead atoms. The predicted octanol–water partition coefficient (Wildman–Crippen LogP) is -0.0663. The summed E-state index contributed by atoms with van der Waals surface area (Å²) in [5.41, 5.74) is 0. The van der Waals surface area contributed by atoms with Crippen LogP contribution in [0.15, 0.2) is 12.4 Å². The van der Waals surface area contributed by atoms with Crippen molar-refractivity contribution in [2.45, 2.75) is 24.6 Å². The fourth-order valence-electron chi connectivity index (χ4n) is 2.17. The van der Waals surface area contributed by atoms with E-state index in [4.69, 9.17) is 0 Å². The summed E-state index contributed by atoms with van der Waals surface area (Å²) in [5.74, 6) is 0.754. The fraction of sp³-hybridized carbons (Fsp3) is 0.727. The van der Waals surface area contributed by atoms with Gasteiger partial charge in [0.2, 0.25) is 10.0 Å². The van der Waals surface area contributed by atoms with Gasteiger partial charge in [0.25, 0.3) is 0 Å². The van der Waals surface area contributed by atoms with Crippen LogP contribution in [0.4, 0.5) is 0 Å². The zero-order valence-electron chi connectivity index (χ0n) is 10.8. The monoisotopic (exact) mass is 272 g/mol. The minimum Gasteiger partial charge on any atom is -0.337 e. The summed E-state index contributed by atoms with van der Waals surface area (Å²) in [6, 6.07) is 0. The highest BCUT2D eigenvalue weighted by Gasteiger charge is 2.31. The Balaban J connectivity index is 2.07. The molecule has 0 spiro atoms. The lowest BCUT2D eigenvalue weighted by Gasteiger charge is -2.27. The van der Waals surface area contributed by atoms with Crippen molar-refractivity contribution in [3.05, 3.63) is 18.2 Å². The quantitative estimate of drug-likeness (QED) is 0.833. The Bertz CT molecular complexity index is 491. The molecule has 0 radical (unpaired) electrons. The molecule has 1 saturated heterocycles. The molecule has 1 unspecified atom stereocenters. The van der Waals surface area contributed by atoms with Gasteiger partial charge in [0.15, 0.2) is 0 Å². The molecule has 102 valence electrons. The minimum absolute atomic E-state index is 0.309. The van der Waals surface area contributed by atoms with E-state index in [1.54, 1.807) is 13.2 Å². The number of sulfonamides is 1. The molecule has 1 atom stereocenters. The first-order valence-electron chi connectivity index (χ1n) is 6.14. The Morgan fingerprint density at radius 1 is 1.61 bits per heavy atom. The highest BCUT2D eigenvalue weighted by molar-refractivity contribution is 7.89. The van der Waals surface area contributed by atoms with Crippen LogP contribution >= 0.6 is 0 Å². The third kappa shape index (κ3) is 2.73. The van der Waals surface area contributed by atoms with Crippen LogP contribution in [-0.2, 0) is 23.6 Å². The van der Waals surface area contributed by atoms with Gasteiger partial charge < -0.3 is 9.88 Å². The van der Waals surface area contributed by atoms with Crippen LogP contribution in [0.1, 0.15) is 18.7 Å². The number of piperidine rings is 1. The number of nitrogens with zero attached hydrogens (tertiary/aromatic N) is 3. The first-order chi connectivity index (χ1) is 8.51. The predicted molar refractivity (Wildman–Crippen MR) is 69.5 cm³/mol. The van der Waals surface area contributed by atoms with Crippen LogP contribution in [0.2, 0.25) is 0 Å². The molecule has 1 N–H and O–H groups in total. The standard InChI is InChI=1S/C11H20N4O2S/c1-14-7-6-13-11(14)9-15(2)18(16,17)10-4-3-5-12-8-10/h6-7,10,12H,3-5,8-9H2,1-2H3. The van der Waals surface area contributed by atoms with Gasteiger partial charge in [-0.2, -0.15) is 4.31 Å². The van der Waals surface area contributed by atoms with Gasteiger partial charge in [-0.25, -0.2) is 13.4 Å². The molecule has 1 aromatic rings. The van der Waals surface area contributed by atoms with Crippen LogP contribution in [0.25, 0.3) is 0 Å². The summed E-state index contributed by atoms with van der Waals surface area (Å²) in [6.07, 6.45) is 5.15. The SMILES string of the molecule is CN(Cc1nccn1C)S(=O)(=O)C1CCCNC1. The van der Waals surface area contributed by atoms with Gasteiger partial charge in [-0.3, -0.25) is 0 Å². The maximum atomic E-state index is 12.4. The number of nitrogens with one attached hydrogen (secondary N) is 1. The second kappa shape index (κ2) is 5.38. The van der Waals surface area contributed by atoms with Crippen molar-refractivity contribution in [1.82, 2.24) is 19.2 Å². The zero-order valence-corrected chi connectivity index (χ0v) is 11.7. The molecular weight excluding hydrogens is 252 g/mol. The molecule has 1 aromatic heterocycles. The highest BCUT2D eigenvalue weighted by atomic mass is 32.2. The number of aryl methyl sites for hydroxylation is 1. The Kier molecular flexibility index (Phi) is 4.04. The van der Waals surface area contributed by atoms with Crippen LogP contribution in [-0.4, -0.2) is 47.7 Å². The van der Waals surface area contributed by atoms with Gasteiger partial charge in [-0.1, -0.05) is 0 Å². The first kappa shape index (κ1) is 13.5. The molecule has 18 heavy (non-hydrogen) atoms. The average Bonchev–Trinajstić information content (AvgIpc) is 2.76. The van der Waals surface area contributed by atoms with E-state index in [0.717, 1.165) is 25.2 Å². The van der Waals surface area contributed by atoms with Gasteiger partial charge in [-0.15, -0.1) is 0 Å². The van der Waals surface area contributed by atoms with Crippen LogP contribution in [0, 0.1) is 0 Å². The van der Waals surface area contributed by atoms with E-state index >= 15 is 0 Å². The molecule has 2 rings (SSSR count). The second-order valence-electron chi connectivity index (χ2n) is 4.72. The third-order valence-electron chi connectivity index (χ3n) is 3.39. The van der Waals surface area contributed by atoms with E-state index in [2.05, 4.69) is 10.3 Å². The lowest BCUT2D eigenvalue weighted by molar-refractivity contribution is 0.420. The van der Waals surface area contributed by atoms with Gasteiger partial charge in [0.05, 0.1) is 11.8 Å². The molecule has 1 fully saturated rings. The number of hydrogen-bond donors (Lipinski definition) is 1. The number of rotatable bonds is 4. The normalized spacial score (nSPS) is 21.4. The summed E-state index contributed by atoms with van der Waals surface area (Å²) in [4.78, 5) is 4.16. The van der Waals surface area contributed by atoms with E-state index in [1.165, 1.54) is 4.31 Å². The molecule has 2 heterocycles. The van der Waals surface area contributed by atoms with Crippen LogP contribution in [0.3, 0.4) is 0 Å². The molecule has 0 saturated carbocycles. The van der Waals surface area contributed by atoms with Crippen molar-refractivity contribution in [2.24, 2.45) is 7.05 Å². The third-order valence-corrected chi connectivity index (χ3v) is 5.64. The van der Waals surface area contributed by atoms with Gasteiger partial charge in [-0.05, 0) is 19.4 Å². The van der Waals surface area contributed by atoms with Gasteiger partial charge in [0, 0.05) is 33.0 Å². The van der Waals surface area contributed by atoms with Crippen molar-refractivity contribution < 1.29 is 8.42 Å². The molecule has 7 heteroatoms. The van der Waals surface area contributed by atoms with Gasteiger partial charge >= 0.3 is 0 Å². The lowest BCUT2D eigenvalue weighted by atomic mass is 10.2. The summed E-state index contributed by atoms with van der Waals surface area (Å²) in [5, 5.41) is 2.83. The summed E-state index contributed by atoms with van der Waals surface area (Å²) < 4.78 is 28.0. The number of imidazole rings is 1. The van der Waals surface area contributed by atoms with E-state index < -0.39 is 10.0 Å².